The van der Waals surface area contributed by atoms with Gasteiger partial charge in [0, 0.05) is 19.1 Å². The van der Waals surface area contributed by atoms with E-state index in [1.807, 2.05) is 7.05 Å². The second-order valence-electron chi connectivity index (χ2n) is 4.50. The first-order valence-electron chi connectivity index (χ1n) is 5.59. The monoisotopic (exact) mass is 184 g/mol. The Hall–Kier alpha value is -0.0800. The van der Waals surface area contributed by atoms with Gasteiger partial charge in [-0.05, 0) is 45.7 Å². The second-order valence-corrected chi connectivity index (χ2v) is 4.50. The van der Waals surface area contributed by atoms with Crippen LogP contribution >= 0.6 is 0 Å². The Labute approximate surface area is 82.7 Å². The minimum absolute atomic E-state index is 0.851. The third-order valence-corrected chi connectivity index (χ3v) is 3.32. The van der Waals surface area contributed by atoms with Gasteiger partial charge in [0.25, 0.3) is 0 Å². The van der Waals surface area contributed by atoms with Gasteiger partial charge in [-0.15, -0.1) is 0 Å². The van der Waals surface area contributed by atoms with E-state index in [1.54, 1.807) is 0 Å². The number of likely N-dealkylation sites (N-methyl/N-ethyl adjacent to an activating group) is 2. The van der Waals surface area contributed by atoms with Crippen molar-refractivity contribution < 1.29 is 0 Å². The molecule has 1 saturated carbocycles. The number of hydrogen-bond donors (Lipinski definition) is 1. The molecule has 1 fully saturated rings. The van der Waals surface area contributed by atoms with Gasteiger partial charge in [-0.3, -0.25) is 0 Å². The van der Waals surface area contributed by atoms with Crippen LogP contribution in [-0.4, -0.2) is 38.1 Å². The molecule has 1 aliphatic rings. The van der Waals surface area contributed by atoms with Gasteiger partial charge in [0.1, 0.15) is 0 Å². The van der Waals surface area contributed by atoms with E-state index in [0.29, 0.717) is 0 Å². The van der Waals surface area contributed by atoms with E-state index in [2.05, 4.69) is 24.2 Å². The van der Waals surface area contributed by atoms with Crippen molar-refractivity contribution in [1.29, 1.82) is 0 Å². The zero-order chi connectivity index (χ0) is 9.68. The quantitative estimate of drug-likeness (QED) is 0.715. The lowest BCUT2D eigenvalue weighted by Crippen LogP contribution is -2.38. The highest BCUT2D eigenvalue weighted by Crippen LogP contribution is 2.26. The highest BCUT2D eigenvalue weighted by atomic mass is 15.1. The molecule has 1 rings (SSSR count). The molecule has 0 radical (unpaired) electrons. The van der Waals surface area contributed by atoms with Crippen molar-refractivity contribution in [1.82, 2.24) is 10.2 Å². The summed E-state index contributed by atoms with van der Waals surface area (Å²) < 4.78 is 0. The van der Waals surface area contributed by atoms with E-state index in [9.17, 15) is 0 Å². The molecular weight excluding hydrogens is 160 g/mol. The lowest BCUT2D eigenvalue weighted by atomic mass is 9.87. The Morgan fingerprint density at radius 1 is 1.23 bits per heavy atom. The predicted octanol–water partition coefficient (Wildman–Crippen LogP) is 1.72. The van der Waals surface area contributed by atoms with Crippen molar-refractivity contribution in [3.05, 3.63) is 0 Å². The molecule has 1 N–H and O–H groups in total. The first kappa shape index (κ1) is 11.0. The molecule has 0 bridgehead atoms. The molecule has 0 heterocycles. The average Bonchev–Trinajstić information content (AvgIpc) is 2.15. The van der Waals surface area contributed by atoms with Crippen LogP contribution in [0.4, 0.5) is 0 Å². The first-order valence-corrected chi connectivity index (χ1v) is 5.59. The molecule has 0 aromatic heterocycles. The van der Waals surface area contributed by atoms with E-state index < -0.39 is 0 Å². The molecule has 0 spiro atoms. The van der Waals surface area contributed by atoms with Crippen molar-refractivity contribution in [2.45, 2.75) is 38.6 Å². The fourth-order valence-corrected chi connectivity index (χ4v) is 2.15. The van der Waals surface area contributed by atoms with Gasteiger partial charge in [-0.25, -0.2) is 0 Å². The molecule has 2 nitrogen and oxygen atoms in total. The largest absolute Gasteiger partial charge is 0.318 e. The molecule has 0 atom stereocenters. The summed E-state index contributed by atoms with van der Waals surface area (Å²) in [6.07, 6.45) is 5.66. The van der Waals surface area contributed by atoms with Gasteiger partial charge < -0.3 is 10.2 Å². The summed E-state index contributed by atoms with van der Waals surface area (Å²) in [6, 6.07) is 0.851. The predicted molar refractivity (Wildman–Crippen MR) is 58.0 cm³/mol. The molecule has 0 aromatic carbocycles. The SMILES string of the molecule is CNCCN(C)[C@H]1CC[C@H](C)CC1. The van der Waals surface area contributed by atoms with Crippen molar-refractivity contribution in [2.75, 3.05) is 27.2 Å². The summed E-state index contributed by atoms with van der Waals surface area (Å²) in [6.45, 7) is 4.68. The smallest absolute Gasteiger partial charge is 0.0107 e. The number of hydrogen-bond acceptors (Lipinski definition) is 2. The first-order chi connectivity index (χ1) is 6.24. The van der Waals surface area contributed by atoms with Crippen molar-refractivity contribution >= 4 is 0 Å². The van der Waals surface area contributed by atoms with E-state index in [0.717, 1.165) is 18.5 Å². The fourth-order valence-electron chi connectivity index (χ4n) is 2.15. The topological polar surface area (TPSA) is 15.3 Å². The maximum Gasteiger partial charge on any atom is 0.0107 e. The van der Waals surface area contributed by atoms with Gasteiger partial charge in [0.05, 0.1) is 0 Å². The highest BCUT2D eigenvalue weighted by molar-refractivity contribution is 4.76. The standard InChI is InChI=1S/C11H24N2/c1-10-4-6-11(7-5-10)13(3)9-8-12-2/h10-12H,4-9H2,1-3H3/t10-,11-. The number of rotatable bonds is 4. The molecule has 2 heteroatoms. The Balaban J connectivity index is 2.19. The van der Waals surface area contributed by atoms with Crippen LogP contribution in [0.5, 0.6) is 0 Å². The third kappa shape index (κ3) is 3.65. The molecule has 0 amide bonds. The third-order valence-electron chi connectivity index (χ3n) is 3.32. The van der Waals surface area contributed by atoms with Gasteiger partial charge in [0.15, 0.2) is 0 Å². The summed E-state index contributed by atoms with van der Waals surface area (Å²) in [5.74, 6) is 0.967. The fraction of sp³-hybridized carbons (Fsp3) is 1.00. The normalized spacial score (nSPS) is 29.5. The van der Waals surface area contributed by atoms with E-state index >= 15 is 0 Å². The molecule has 0 aliphatic heterocycles. The molecule has 13 heavy (non-hydrogen) atoms. The van der Waals surface area contributed by atoms with Gasteiger partial charge in [-0.2, -0.15) is 0 Å². The van der Waals surface area contributed by atoms with Crippen LogP contribution in [0, 0.1) is 5.92 Å². The van der Waals surface area contributed by atoms with Crippen LogP contribution in [-0.2, 0) is 0 Å². The van der Waals surface area contributed by atoms with Crippen LogP contribution in [0.15, 0.2) is 0 Å². The Morgan fingerprint density at radius 2 is 1.85 bits per heavy atom. The molecule has 0 aromatic rings. The van der Waals surface area contributed by atoms with Crippen LogP contribution in [0.1, 0.15) is 32.6 Å². The highest BCUT2D eigenvalue weighted by Gasteiger charge is 2.20. The summed E-state index contributed by atoms with van der Waals surface area (Å²) in [7, 11) is 4.29. The summed E-state index contributed by atoms with van der Waals surface area (Å²) in [4.78, 5) is 2.52. The minimum atomic E-state index is 0.851. The second kappa shape index (κ2) is 5.61. The average molecular weight is 184 g/mol. The molecule has 78 valence electrons. The lowest BCUT2D eigenvalue weighted by molar-refractivity contribution is 0.172. The molecular formula is C11H24N2. The summed E-state index contributed by atoms with van der Waals surface area (Å²) in [5, 5.41) is 3.20. The van der Waals surface area contributed by atoms with Crippen molar-refractivity contribution in [2.24, 2.45) is 5.92 Å². The lowest BCUT2D eigenvalue weighted by Gasteiger charge is -2.33. The van der Waals surface area contributed by atoms with Crippen LogP contribution in [0.3, 0.4) is 0 Å². The summed E-state index contributed by atoms with van der Waals surface area (Å²) in [5.41, 5.74) is 0. The molecule has 1 aliphatic carbocycles. The zero-order valence-electron chi connectivity index (χ0n) is 9.34. The Kier molecular flexibility index (Phi) is 4.74. The van der Waals surface area contributed by atoms with Gasteiger partial charge >= 0.3 is 0 Å². The maximum atomic E-state index is 3.20. The van der Waals surface area contributed by atoms with Gasteiger partial charge in [-0.1, -0.05) is 6.92 Å². The molecule has 0 saturated heterocycles. The van der Waals surface area contributed by atoms with Gasteiger partial charge in [0.2, 0.25) is 0 Å². The van der Waals surface area contributed by atoms with E-state index in [1.165, 1.54) is 32.2 Å². The van der Waals surface area contributed by atoms with E-state index in [-0.39, 0.29) is 0 Å². The Morgan fingerprint density at radius 3 is 2.38 bits per heavy atom. The molecule has 0 unspecified atom stereocenters. The number of nitrogens with zero attached hydrogens (tertiary/aromatic N) is 1. The van der Waals surface area contributed by atoms with Crippen molar-refractivity contribution in [3.63, 3.8) is 0 Å². The van der Waals surface area contributed by atoms with E-state index in [4.69, 9.17) is 0 Å². The Bertz CT molecular complexity index is 128. The van der Waals surface area contributed by atoms with Crippen molar-refractivity contribution in [3.8, 4) is 0 Å². The number of nitrogens with one attached hydrogen (secondary N) is 1. The van der Waals surface area contributed by atoms with Crippen LogP contribution in [0.25, 0.3) is 0 Å². The van der Waals surface area contributed by atoms with Crippen LogP contribution < -0.4 is 5.32 Å². The zero-order valence-corrected chi connectivity index (χ0v) is 9.34. The minimum Gasteiger partial charge on any atom is -0.318 e. The van der Waals surface area contributed by atoms with Crippen LogP contribution in [0.2, 0.25) is 0 Å². The maximum absolute atomic E-state index is 3.20. The summed E-state index contributed by atoms with van der Waals surface area (Å²) >= 11 is 0.